The molecule has 132 valence electrons. The number of benzene rings is 1. The van der Waals surface area contributed by atoms with E-state index in [9.17, 15) is 4.79 Å². The van der Waals surface area contributed by atoms with E-state index in [0.29, 0.717) is 25.3 Å². The van der Waals surface area contributed by atoms with Crippen molar-refractivity contribution in [1.29, 1.82) is 0 Å². The van der Waals surface area contributed by atoms with E-state index in [2.05, 4.69) is 15.1 Å². The van der Waals surface area contributed by atoms with Crippen LogP contribution in [0, 0.1) is 0 Å². The zero-order chi connectivity index (χ0) is 18.1. The molecule has 2 heterocycles. The summed E-state index contributed by atoms with van der Waals surface area (Å²) in [6.45, 7) is 2.63. The van der Waals surface area contributed by atoms with E-state index >= 15 is 0 Å². The summed E-state index contributed by atoms with van der Waals surface area (Å²) in [6.07, 6.45) is 3.19. The molecule has 0 aliphatic heterocycles. The van der Waals surface area contributed by atoms with Crippen molar-refractivity contribution >= 4 is 11.9 Å². The maximum atomic E-state index is 12.4. The van der Waals surface area contributed by atoms with Gasteiger partial charge in [-0.15, -0.1) is 0 Å². The van der Waals surface area contributed by atoms with Gasteiger partial charge in [0.25, 0.3) is 0 Å². The highest BCUT2D eigenvalue weighted by molar-refractivity contribution is 5.91. The SMILES string of the molecule is CCOC(=O)c1nn(Cc2ccccc2)c2c1CCc1cnc(N)nc1-2. The maximum absolute atomic E-state index is 12.4. The van der Waals surface area contributed by atoms with Gasteiger partial charge in [-0.25, -0.2) is 14.8 Å². The van der Waals surface area contributed by atoms with Gasteiger partial charge in [0.15, 0.2) is 5.69 Å². The topological polar surface area (TPSA) is 95.9 Å². The van der Waals surface area contributed by atoms with Crippen molar-refractivity contribution < 1.29 is 9.53 Å². The van der Waals surface area contributed by atoms with Crippen LogP contribution in [0.5, 0.6) is 0 Å². The van der Waals surface area contributed by atoms with Gasteiger partial charge in [-0.2, -0.15) is 5.10 Å². The number of aromatic nitrogens is 4. The standard InChI is InChI=1S/C19H19N5O2/c1-2-26-18(25)16-14-9-8-13-10-21-19(20)22-15(13)17(14)24(23-16)11-12-6-4-3-5-7-12/h3-7,10H,2,8-9,11H2,1H3,(H2,20,21,22). The normalized spacial score (nSPS) is 12.3. The molecule has 0 fully saturated rings. The number of anilines is 1. The molecular weight excluding hydrogens is 330 g/mol. The summed E-state index contributed by atoms with van der Waals surface area (Å²) in [7, 11) is 0. The molecule has 4 rings (SSSR count). The van der Waals surface area contributed by atoms with Crippen LogP contribution < -0.4 is 5.73 Å². The first-order valence-electron chi connectivity index (χ1n) is 8.60. The minimum Gasteiger partial charge on any atom is -0.461 e. The van der Waals surface area contributed by atoms with E-state index in [-0.39, 0.29) is 5.95 Å². The van der Waals surface area contributed by atoms with E-state index < -0.39 is 5.97 Å². The smallest absolute Gasteiger partial charge is 0.359 e. The first-order valence-corrected chi connectivity index (χ1v) is 8.60. The summed E-state index contributed by atoms with van der Waals surface area (Å²) in [5.74, 6) is -0.192. The number of nitrogens with two attached hydrogens (primary N) is 1. The Bertz CT molecular complexity index is 966. The molecule has 1 aliphatic carbocycles. The Morgan fingerprint density at radius 1 is 1.27 bits per heavy atom. The van der Waals surface area contributed by atoms with Crippen molar-refractivity contribution in [2.24, 2.45) is 0 Å². The van der Waals surface area contributed by atoms with Gasteiger partial charge < -0.3 is 10.5 Å². The Labute approximate surface area is 150 Å². The lowest BCUT2D eigenvalue weighted by molar-refractivity contribution is 0.0517. The molecule has 0 spiro atoms. The van der Waals surface area contributed by atoms with Gasteiger partial charge in [0.1, 0.15) is 0 Å². The Kier molecular flexibility index (Phi) is 4.12. The lowest BCUT2D eigenvalue weighted by atomic mass is 9.93. The fraction of sp³-hybridized carbons (Fsp3) is 0.263. The molecule has 0 radical (unpaired) electrons. The molecule has 3 aromatic rings. The van der Waals surface area contributed by atoms with Crippen LogP contribution in [-0.4, -0.2) is 32.3 Å². The second kappa shape index (κ2) is 6.59. The Hall–Kier alpha value is -3.22. The predicted molar refractivity (Wildman–Crippen MR) is 96.6 cm³/mol. The van der Waals surface area contributed by atoms with E-state index in [0.717, 1.165) is 34.5 Å². The number of hydrogen-bond acceptors (Lipinski definition) is 6. The molecule has 0 saturated carbocycles. The van der Waals surface area contributed by atoms with Gasteiger partial charge in [-0.3, -0.25) is 4.68 Å². The summed E-state index contributed by atoms with van der Waals surface area (Å²) in [5, 5.41) is 4.58. The molecule has 7 heteroatoms. The number of carbonyl (C=O) groups excluding carboxylic acids is 1. The summed E-state index contributed by atoms with van der Waals surface area (Å²) in [6, 6.07) is 9.97. The van der Waals surface area contributed by atoms with Crippen molar-refractivity contribution in [3.63, 3.8) is 0 Å². The van der Waals surface area contributed by atoms with Gasteiger partial charge in [0.2, 0.25) is 5.95 Å². The summed E-state index contributed by atoms with van der Waals surface area (Å²) < 4.78 is 7.02. The quantitative estimate of drug-likeness (QED) is 0.726. The average Bonchev–Trinajstić information content (AvgIpc) is 3.02. The van der Waals surface area contributed by atoms with Crippen LogP contribution in [0.2, 0.25) is 0 Å². The molecule has 2 aromatic heterocycles. The summed E-state index contributed by atoms with van der Waals surface area (Å²) in [4.78, 5) is 20.9. The molecule has 1 aliphatic rings. The second-order valence-electron chi connectivity index (χ2n) is 6.14. The zero-order valence-electron chi connectivity index (χ0n) is 14.5. The molecule has 0 unspecified atom stereocenters. The third-order valence-electron chi connectivity index (χ3n) is 4.45. The number of hydrogen-bond donors (Lipinski definition) is 1. The average molecular weight is 349 g/mol. The first kappa shape index (κ1) is 16.3. The van der Waals surface area contributed by atoms with Crippen molar-refractivity contribution in [3.05, 3.63) is 58.9 Å². The van der Waals surface area contributed by atoms with Crippen LogP contribution in [0.25, 0.3) is 11.4 Å². The Morgan fingerprint density at radius 3 is 2.85 bits per heavy atom. The predicted octanol–water partition coefficient (Wildman–Crippen LogP) is 2.25. The largest absolute Gasteiger partial charge is 0.461 e. The highest BCUT2D eigenvalue weighted by Gasteiger charge is 2.30. The molecule has 7 nitrogen and oxygen atoms in total. The van der Waals surface area contributed by atoms with Crippen molar-refractivity contribution in [3.8, 4) is 11.4 Å². The van der Waals surface area contributed by atoms with Crippen molar-refractivity contribution in [1.82, 2.24) is 19.7 Å². The van der Waals surface area contributed by atoms with Gasteiger partial charge >= 0.3 is 5.97 Å². The molecule has 0 bridgehead atoms. The van der Waals surface area contributed by atoms with E-state index in [1.54, 1.807) is 13.1 Å². The highest BCUT2D eigenvalue weighted by atomic mass is 16.5. The number of nitrogens with zero attached hydrogens (tertiary/aromatic N) is 4. The van der Waals surface area contributed by atoms with Crippen LogP contribution in [0.3, 0.4) is 0 Å². The van der Waals surface area contributed by atoms with Gasteiger partial charge in [0, 0.05) is 11.8 Å². The number of rotatable bonds is 4. The number of carbonyl (C=O) groups is 1. The van der Waals surface area contributed by atoms with E-state index in [1.807, 2.05) is 35.0 Å². The van der Waals surface area contributed by atoms with Crippen LogP contribution in [0.1, 0.15) is 34.1 Å². The van der Waals surface area contributed by atoms with Crippen LogP contribution in [0.4, 0.5) is 5.95 Å². The van der Waals surface area contributed by atoms with Gasteiger partial charge in [-0.1, -0.05) is 30.3 Å². The third kappa shape index (κ3) is 2.81. The fourth-order valence-electron chi connectivity index (χ4n) is 3.30. The lowest BCUT2D eigenvalue weighted by Gasteiger charge is -2.17. The summed E-state index contributed by atoms with van der Waals surface area (Å²) >= 11 is 0. The third-order valence-corrected chi connectivity index (χ3v) is 4.45. The van der Waals surface area contributed by atoms with E-state index in [1.165, 1.54) is 0 Å². The lowest BCUT2D eigenvalue weighted by Crippen LogP contribution is -2.13. The molecule has 26 heavy (non-hydrogen) atoms. The second-order valence-corrected chi connectivity index (χ2v) is 6.14. The van der Waals surface area contributed by atoms with Crippen LogP contribution >= 0.6 is 0 Å². The molecule has 2 N–H and O–H groups in total. The van der Waals surface area contributed by atoms with E-state index in [4.69, 9.17) is 10.5 Å². The first-order chi connectivity index (χ1) is 12.7. The molecule has 1 aromatic carbocycles. The number of nitrogen functional groups attached to an aromatic ring is 1. The maximum Gasteiger partial charge on any atom is 0.359 e. The Morgan fingerprint density at radius 2 is 2.08 bits per heavy atom. The van der Waals surface area contributed by atoms with Gasteiger partial charge in [0.05, 0.1) is 24.5 Å². The van der Waals surface area contributed by atoms with Crippen molar-refractivity contribution in [2.75, 3.05) is 12.3 Å². The zero-order valence-corrected chi connectivity index (χ0v) is 14.5. The molecule has 0 amide bonds. The molecule has 0 saturated heterocycles. The van der Waals surface area contributed by atoms with Crippen LogP contribution in [0.15, 0.2) is 36.5 Å². The monoisotopic (exact) mass is 349 g/mol. The number of aryl methyl sites for hydroxylation is 1. The minimum atomic E-state index is -0.402. The van der Waals surface area contributed by atoms with Gasteiger partial charge in [-0.05, 0) is 30.9 Å². The highest BCUT2D eigenvalue weighted by Crippen LogP contribution is 2.34. The number of ether oxygens (including phenoxy) is 1. The van der Waals surface area contributed by atoms with Crippen LogP contribution in [-0.2, 0) is 24.1 Å². The fourth-order valence-corrected chi connectivity index (χ4v) is 3.30. The minimum absolute atomic E-state index is 0.210. The number of esters is 1. The molecule has 0 atom stereocenters. The van der Waals surface area contributed by atoms with Crippen molar-refractivity contribution in [2.45, 2.75) is 26.3 Å². The summed E-state index contributed by atoms with van der Waals surface area (Å²) in [5.41, 5.74) is 10.7. The Balaban J connectivity index is 1.87. The molecular formula is C19H19N5O2. The number of fused-ring (bicyclic) bond motifs is 3.